The number of hydrogen-bond acceptors (Lipinski definition) is 6. The van der Waals surface area contributed by atoms with Crippen LogP contribution in [-0.4, -0.2) is 38.9 Å². The Hall–Kier alpha value is -2.12. The minimum atomic E-state index is -0.919. The summed E-state index contributed by atoms with van der Waals surface area (Å²) in [6, 6.07) is 4.86. The molecule has 1 heterocycles. The van der Waals surface area contributed by atoms with Crippen LogP contribution in [0.3, 0.4) is 0 Å². The third kappa shape index (κ3) is 2.59. The van der Waals surface area contributed by atoms with Gasteiger partial charge in [-0.1, -0.05) is 6.92 Å². The van der Waals surface area contributed by atoms with Crippen molar-refractivity contribution >= 4 is 22.5 Å². The van der Waals surface area contributed by atoms with Crippen LogP contribution in [0.5, 0.6) is 0 Å². The number of aromatic nitrogens is 2. The average molecular weight is 278 g/mol. The van der Waals surface area contributed by atoms with E-state index >= 15 is 0 Å². The first-order chi connectivity index (χ1) is 9.53. The lowest BCUT2D eigenvalue weighted by Gasteiger charge is -2.29. The van der Waals surface area contributed by atoms with Crippen LogP contribution in [0, 0.1) is 0 Å². The molecule has 0 aliphatic rings. The fourth-order valence-electron chi connectivity index (χ4n) is 1.91. The second kappa shape index (κ2) is 5.48. The van der Waals surface area contributed by atoms with Gasteiger partial charge in [0.05, 0.1) is 29.7 Å². The first-order valence-corrected chi connectivity index (χ1v) is 6.33. The quantitative estimate of drug-likeness (QED) is 0.492. The maximum atomic E-state index is 12.0. The molecule has 6 N–H and O–H groups in total. The Bertz CT molecular complexity index is 656. The number of rotatable bonds is 5. The maximum absolute atomic E-state index is 12.0. The van der Waals surface area contributed by atoms with Crippen molar-refractivity contribution in [2.45, 2.75) is 18.9 Å². The van der Waals surface area contributed by atoms with E-state index in [1.54, 1.807) is 18.2 Å². The number of aromatic amines is 1. The predicted molar refractivity (Wildman–Crippen MR) is 77.6 cm³/mol. The van der Waals surface area contributed by atoms with Gasteiger partial charge >= 0.3 is 0 Å². The topological polar surface area (TPSA) is 124 Å². The van der Waals surface area contributed by atoms with Gasteiger partial charge in [-0.05, 0) is 24.6 Å². The molecule has 0 saturated heterocycles. The molecule has 1 aromatic heterocycles. The molecule has 0 unspecified atom stereocenters. The summed E-state index contributed by atoms with van der Waals surface area (Å²) in [6.45, 7) is 1.27. The predicted octanol–water partition coefficient (Wildman–Crippen LogP) is 0.0506. The fraction of sp³-hybridized carbons (Fsp3) is 0.385. The number of fused-ring (bicyclic) bond motifs is 1. The Morgan fingerprint density at radius 2 is 2.10 bits per heavy atom. The highest BCUT2D eigenvalue weighted by Gasteiger charge is 2.27. The van der Waals surface area contributed by atoms with Crippen molar-refractivity contribution in [3.8, 4) is 0 Å². The minimum Gasteiger partial charge on any atom is -0.399 e. The Kier molecular flexibility index (Phi) is 3.91. The second-order valence-electron chi connectivity index (χ2n) is 4.77. The van der Waals surface area contributed by atoms with Crippen molar-refractivity contribution in [3.05, 3.63) is 28.6 Å². The van der Waals surface area contributed by atoms with Crippen molar-refractivity contribution in [1.82, 2.24) is 9.97 Å². The second-order valence-corrected chi connectivity index (χ2v) is 4.77. The number of hydrogen-bond donors (Lipinski definition) is 5. The number of aliphatic hydroxyl groups is 2. The maximum Gasteiger partial charge on any atom is 0.260 e. The number of nitrogens with two attached hydrogens (primary N) is 1. The summed E-state index contributed by atoms with van der Waals surface area (Å²) in [6.07, 6.45) is 0.476. The molecule has 0 amide bonds. The number of nitrogens with zero attached hydrogens (tertiary/aromatic N) is 1. The van der Waals surface area contributed by atoms with Gasteiger partial charge in [-0.3, -0.25) is 9.78 Å². The van der Waals surface area contributed by atoms with Gasteiger partial charge in [0.1, 0.15) is 0 Å². The lowest BCUT2D eigenvalue weighted by atomic mass is 9.99. The molecule has 0 fully saturated rings. The number of nitrogens with one attached hydrogen (secondary N) is 2. The SMILES string of the molecule is CCC(CO)(CO)Nc1nc2ccc(N)cc2c(=O)[nH]1. The largest absolute Gasteiger partial charge is 0.399 e. The van der Waals surface area contributed by atoms with E-state index in [4.69, 9.17) is 5.73 Å². The van der Waals surface area contributed by atoms with Crippen LogP contribution in [0.25, 0.3) is 10.9 Å². The highest BCUT2D eigenvalue weighted by atomic mass is 16.3. The molecule has 0 bridgehead atoms. The normalized spacial score (nSPS) is 11.8. The summed E-state index contributed by atoms with van der Waals surface area (Å²) in [5.74, 6) is 0.206. The van der Waals surface area contributed by atoms with E-state index in [-0.39, 0.29) is 24.7 Å². The molecular formula is C13H18N4O3. The Morgan fingerprint density at radius 1 is 1.40 bits per heavy atom. The van der Waals surface area contributed by atoms with Gasteiger partial charge in [0.15, 0.2) is 0 Å². The molecule has 0 spiro atoms. The van der Waals surface area contributed by atoms with E-state index < -0.39 is 5.54 Å². The molecule has 0 aliphatic heterocycles. The third-order valence-electron chi connectivity index (χ3n) is 3.40. The number of nitrogen functional groups attached to an aromatic ring is 1. The summed E-state index contributed by atoms with van der Waals surface area (Å²) < 4.78 is 0. The summed E-state index contributed by atoms with van der Waals surface area (Å²) in [4.78, 5) is 18.8. The smallest absolute Gasteiger partial charge is 0.260 e. The minimum absolute atomic E-state index is 0.206. The molecule has 20 heavy (non-hydrogen) atoms. The van der Waals surface area contributed by atoms with E-state index in [2.05, 4.69) is 15.3 Å². The average Bonchev–Trinajstić information content (AvgIpc) is 2.46. The molecule has 108 valence electrons. The van der Waals surface area contributed by atoms with Crippen molar-refractivity contribution in [2.75, 3.05) is 24.3 Å². The summed E-state index contributed by atoms with van der Waals surface area (Å²) in [5.41, 5.74) is 5.36. The van der Waals surface area contributed by atoms with E-state index in [0.29, 0.717) is 23.0 Å². The molecule has 2 rings (SSSR count). The zero-order chi connectivity index (χ0) is 14.8. The number of aliphatic hydroxyl groups excluding tert-OH is 2. The van der Waals surface area contributed by atoms with Crippen molar-refractivity contribution in [1.29, 1.82) is 0 Å². The van der Waals surface area contributed by atoms with Gasteiger partial charge in [-0.25, -0.2) is 4.98 Å². The zero-order valence-corrected chi connectivity index (χ0v) is 11.2. The molecule has 7 nitrogen and oxygen atoms in total. The van der Waals surface area contributed by atoms with Crippen LogP contribution >= 0.6 is 0 Å². The molecule has 0 aliphatic carbocycles. The third-order valence-corrected chi connectivity index (χ3v) is 3.40. The number of H-pyrrole nitrogens is 1. The number of benzene rings is 1. The van der Waals surface area contributed by atoms with Crippen molar-refractivity contribution in [3.63, 3.8) is 0 Å². The van der Waals surface area contributed by atoms with Crippen LogP contribution in [0.1, 0.15) is 13.3 Å². The standard InChI is InChI=1S/C13H18N4O3/c1-2-13(6-18,7-19)17-12-15-10-4-3-8(14)5-9(10)11(20)16-12/h3-5,18-19H,2,6-7,14H2,1H3,(H2,15,16,17,20). The van der Waals surface area contributed by atoms with Crippen LogP contribution in [0.2, 0.25) is 0 Å². The van der Waals surface area contributed by atoms with Crippen molar-refractivity contribution in [2.24, 2.45) is 0 Å². The van der Waals surface area contributed by atoms with Crippen LogP contribution < -0.4 is 16.6 Å². The van der Waals surface area contributed by atoms with Gasteiger partial charge in [0.2, 0.25) is 5.95 Å². The van der Waals surface area contributed by atoms with Crippen LogP contribution in [0.15, 0.2) is 23.0 Å². The highest BCUT2D eigenvalue weighted by molar-refractivity contribution is 5.81. The molecule has 0 atom stereocenters. The van der Waals surface area contributed by atoms with Gasteiger partial charge in [0, 0.05) is 5.69 Å². The number of anilines is 2. The van der Waals surface area contributed by atoms with E-state index in [1.165, 1.54) is 0 Å². The van der Waals surface area contributed by atoms with Gasteiger partial charge in [-0.15, -0.1) is 0 Å². The first kappa shape index (κ1) is 14.3. The summed E-state index contributed by atoms with van der Waals surface area (Å²) in [7, 11) is 0. The molecule has 0 saturated carbocycles. The highest BCUT2D eigenvalue weighted by Crippen LogP contribution is 2.17. The lowest BCUT2D eigenvalue weighted by molar-refractivity contribution is 0.132. The molecular weight excluding hydrogens is 260 g/mol. The van der Waals surface area contributed by atoms with Crippen molar-refractivity contribution < 1.29 is 10.2 Å². The van der Waals surface area contributed by atoms with Gasteiger partial charge in [0.25, 0.3) is 5.56 Å². The Balaban J connectivity index is 2.46. The summed E-state index contributed by atoms with van der Waals surface area (Å²) >= 11 is 0. The summed E-state index contributed by atoms with van der Waals surface area (Å²) in [5, 5.41) is 22.1. The van der Waals surface area contributed by atoms with Crippen LogP contribution in [0.4, 0.5) is 11.6 Å². The fourth-order valence-corrected chi connectivity index (χ4v) is 1.91. The Morgan fingerprint density at radius 3 is 2.70 bits per heavy atom. The Labute approximate surface area is 115 Å². The van der Waals surface area contributed by atoms with Gasteiger partial charge < -0.3 is 21.3 Å². The molecule has 2 aromatic rings. The van der Waals surface area contributed by atoms with E-state index in [1.807, 2.05) is 6.92 Å². The zero-order valence-electron chi connectivity index (χ0n) is 11.2. The molecule has 7 heteroatoms. The monoisotopic (exact) mass is 278 g/mol. The lowest BCUT2D eigenvalue weighted by Crippen LogP contribution is -2.46. The van der Waals surface area contributed by atoms with Gasteiger partial charge in [-0.2, -0.15) is 0 Å². The van der Waals surface area contributed by atoms with E-state index in [0.717, 1.165) is 0 Å². The van der Waals surface area contributed by atoms with Crippen LogP contribution in [-0.2, 0) is 0 Å². The molecule has 0 radical (unpaired) electrons. The first-order valence-electron chi connectivity index (χ1n) is 6.33. The molecule has 1 aromatic carbocycles. The van der Waals surface area contributed by atoms with E-state index in [9.17, 15) is 15.0 Å².